The van der Waals surface area contributed by atoms with E-state index in [2.05, 4.69) is 15.2 Å². The van der Waals surface area contributed by atoms with Gasteiger partial charge >= 0.3 is 0 Å². The number of fused-ring (bicyclic) bond motifs is 1. The minimum absolute atomic E-state index is 0.135. The number of anilines is 2. The second-order valence-corrected chi connectivity index (χ2v) is 6.17. The maximum absolute atomic E-state index is 11.8. The molecule has 0 unspecified atom stereocenters. The van der Waals surface area contributed by atoms with Crippen molar-refractivity contribution in [2.75, 3.05) is 15.9 Å². The first kappa shape index (κ1) is 12.7. The van der Waals surface area contributed by atoms with Crippen molar-refractivity contribution in [3.8, 4) is 0 Å². The number of rotatable bonds is 2. The molecule has 102 valence electrons. The average Bonchev–Trinajstić information content (AvgIpc) is 2.45. The molecular formula is C14H13N3O2S. The van der Waals surface area contributed by atoms with Gasteiger partial charge in [0.2, 0.25) is 10.0 Å². The fourth-order valence-electron chi connectivity index (χ4n) is 2.02. The Kier molecular flexibility index (Phi) is 3.15. The number of nitrogens with zero attached hydrogens (tertiary/aromatic N) is 1. The van der Waals surface area contributed by atoms with Crippen molar-refractivity contribution in [3.63, 3.8) is 0 Å². The molecule has 0 amide bonds. The van der Waals surface area contributed by atoms with Crippen molar-refractivity contribution < 1.29 is 8.42 Å². The van der Waals surface area contributed by atoms with E-state index in [1.165, 1.54) is 0 Å². The molecule has 1 aliphatic heterocycles. The summed E-state index contributed by atoms with van der Waals surface area (Å²) in [5.41, 5.74) is 5.56. The molecular weight excluding hydrogens is 274 g/mol. The summed E-state index contributed by atoms with van der Waals surface area (Å²) in [4.78, 5) is 0. The van der Waals surface area contributed by atoms with Crippen LogP contribution in [0.3, 0.4) is 0 Å². The molecule has 0 aliphatic carbocycles. The predicted molar refractivity (Wildman–Crippen MR) is 80.5 cm³/mol. The summed E-state index contributed by atoms with van der Waals surface area (Å²) < 4.78 is 26.2. The highest BCUT2D eigenvalue weighted by molar-refractivity contribution is 7.93. The van der Waals surface area contributed by atoms with Crippen LogP contribution in [-0.2, 0) is 10.0 Å². The third-order valence-corrected chi connectivity index (χ3v) is 4.11. The summed E-state index contributed by atoms with van der Waals surface area (Å²) in [5, 5.41) is 4.24. The van der Waals surface area contributed by atoms with Gasteiger partial charge in [-0.05, 0) is 18.2 Å². The van der Waals surface area contributed by atoms with Crippen molar-refractivity contribution in [1.29, 1.82) is 0 Å². The molecule has 6 heteroatoms. The summed E-state index contributed by atoms with van der Waals surface area (Å²) in [7, 11) is -3.37. The van der Waals surface area contributed by atoms with Gasteiger partial charge in [-0.15, -0.1) is 0 Å². The topological polar surface area (TPSA) is 70.6 Å². The predicted octanol–water partition coefficient (Wildman–Crippen LogP) is 2.26. The van der Waals surface area contributed by atoms with Crippen LogP contribution in [0.2, 0.25) is 0 Å². The summed E-state index contributed by atoms with van der Waals surface area (Å²) in [6.07, 6.45) is 0. The number of nitrogens with one attached hydrogen (secondary N) is 2. The third-order valence-electron chi connectivity index (χ3n) is 2.92. The van der Waals surface area contributed by atoms with E-state index >= 15 is 0 Å². The van der Waals surface area contributed by atoms with Crippen LogP contribution in [0.15, 0.2) is 59.7 Å². The van der Waals surface area contributed by atoms with Crippen molar-refractivity contribution in [2.45, 2.75) is 0 Å². The van der Waals surface area contributed by atoms with Gasteiger partial charge in [-0.3, -0.25) is 10.1 Å². The second-order valence-electron chi connectivity index (χ2n) is 4.44. The standard InChI is InChI=1S/C14H13N3O2S/c18-20(19)10-14(12-8-4-5-9-13(12)17-20)16-15-11-6-2-1-3-7-11/h1-9,15,17H,10H2/b16-14+. The monoisotopic (exact) mass is 287 g/mol. The van der Waals surface area contributed by atoms with Gasteiger partial charge < -0.3 is 0 Å². The average molecular weight is 287 g/mol. The first-order chi connectivity index (χ1) is 9.64. The lowest BCUT2D eigenvalue weighted by molar-refractivity contribution is 0.604. The van der Waals surface area contributed by atoms with E-state index in [0.717, 1.165) is 11.3 Å². The SMILES string of the molecule is O=S1(=O)C/C(=N\Nc2ccccc2)c2ccccc2N1. The molecule has 0 aromatic heterocycles. The van der Waals surface area contributed by atoms with Crippen LogP contribution in [0.1, 0.15) is 5.56 Å². The van der Waals surface area contributed by atoms with Crippen LogP contribution in [-0.4, -0.2) is 19.9 Å². The number of hydrazone groups is 1. The summed E-state index contributed by atoms with van der Waals surface area (Å²) in [6, 6.07) is 16.6. The number of para-hydroxylation sites is 2. The molecule has 0 saturated carbocycles. The molecule has 0 bridgehead atoms. The normalized spacial score (nSPS) is 18.1. The lowest BCUT2D eigenvalue weighted by Crippen LogP contribution is -2.30. The molecule has 1 heterocycles. The van der Waals surface area contributed by atoms with Gasteiger partial charge in [0.1, 0.15) is 5.75 Å². The van der Waals surface area contributed by atoms with Crippen molar-refractivity contribution in [1.82, 2.24) is 0 Å². The van der Waals surface area contributed by atoms with E-state index in [4.69, 9.17) is 0 Å². The van der Waals surface area contributed by atoms with E-state index in [1.54, 1.807) is 12.1 Å². The Morgan fingerprint density at radius 1 is 1.00 bits per heavy atom. The Morgan fingerprint density at radius 2 is 1.70 bits per heavy atom. The van der Waals surface area contributed by atoms with E-state index < -0.39 is 10.0 Å². The van der Waals surface area contributed by atoms with Gasteiger partial charge in [-0.1, -0.05) is 36.4 Å². The molecule has 0 fully saturated rings. The first-order valence-corrected chi connectivity index (χ1v) is 7.77. The molecule has 0 spiro atoms. The summed E-state index contributed by atoms with van der Waals surface area (Å²) >= 11 is 0. The number of sulfonamides is 1. The molecule has 0 atom stereocenters. The molecule has 3 rings (SSSR count). The number of benzene rings is 2. The Morgan fingerprint density at radius 3 is 2.50 bits per heavy atom. The van der Waals surface area contributed by atoms with Crippen molar-refractivity contribution >= 4 is 27.1 Å². The fraction of sp³-hybridized carbons (Fsp3) is 0.0714. The second kappa shape index (κ2) is 4.97. The highest BCUT2D eigenvalue weighted by Gasteiger charge is 2.25. The maximum atomic E-state index is 11.8. The largest absolute Gasteiger partial charge is 0.283 e. The highest BCUT2D eigenvalue weighted by Crippen LogP contribution is 2.23. The first-order valence-electron chi connectivity index (χ1n) is 6.11. The fourth-order valence-corrected chi connectivity index (χ4v) is 3.19. The van der Waals surface area contributed by atoms with Crippen LogP contribution in [0.25, 0.3) is 0 Å². The van der Waals surface area contributed by atoms with Gasteiger partial charge in [0.25, 0.3) is 0 Å². The molecule has 5 nitrogen and oxygen atoms in total. The summed E-state index contributed by atoms with van der Waals surface area (Å²) in [6.45, 7) is 0. The van der Waals surface area contributed by atoms with Crippen LogP contribution in [0.5, 0.6) is 0 Å². The van der Waals surface area contributed by atoms with Crippen LogP contribution < -0.4 is 10.1 Å². The lowest BCUT2D eigenvalue weighted by atomic mass is 10.1. The Hall–Kier alpha value is -2.34. The molecule has 0 radical (unpaired) electrons. The van der Waals surface area contributed by atoms with E-state index in [1.807, 2.05) is 42.5 Å². The molecule has 20 heavy (non-hydrogen) atoms. The zero-order valence-corrected chi connectivity index (χ0v) is 11.4. The van der Waals surface area contributed by atoms with E-state index in [0.29, 0.717) is 11.4 Å². The smallest absolute Gasteiger partial charge is 0.238 e. The Bertz CT molecular complexity index is 755. The van der Waals surface area contributed by atoms with Crippen molar-refractivity contribution in [3.05, 3.63) is 60.2 Å². The minimum atomic E-state index is -3.37. The van der Waals surface area contributed by atoms with Gasteiger partial charge in [0, 0.05) is 5.56 Å². The van der Waals surface area contributed by atoms with Gasteiger partial charge in [0.15, 0.2) is 0 Å². The number of hydrogen-bond donors (Lipinski definition) is 2. The van der Waals surface area contributed by atoms with Crippen molar-refractivity contribution in [2.24, 2.45) is 5.10 Å². The zero-order valence-electron chi connectivity index (χ0n) is 10.6. The zero-order chi connectivity index (χ0) is 14.0. The van der Waals surface area contributed by atoms with E-state index in [-0.39, 0.29) is 5.75 Å². The molecule has 1 aliphatic rings. The number of hydrogen-bond acceptors (Lipinski definition) is 4. The molecule has 2 N–H and O–H groups in total. The van der Waals surface area contributed by atoms with Gasteiger partial charge in [0.05, 0.1) is 17.1 Å². The summed E-state index contributed by atoms with van der Waals surface area (Å²) in [5.74, 6) is -0.135. The molecule has 2 aromatic rings. The van der Waals surface area contributed by atoms with Crippen LogP contribution in [0.4, 0.5) is 11.4 Å². The van der Waals surface area contributed by atoms with Crippen LogP contribution in [0, 0.1) is 0 Å². The quantitative estimate of drug-likeness (QED) is 0.832. The van der Waals surface area contributed by atoms with Crippen LogP contribution >= 0.6 is 0 Å². The Labute approximate surface area is 117 Å². The maximum Gasteiger partial charge on any atom is 0.238 e. The van der Waals surface area contributed by atoms with Gasteiger partial charge in [-0.25, -0.2) is 8.42 Å². The lowest BCUT2D eigenvalue weighted by Gasteiger charge is -2.19. The molecule has 0 saturated heterocycles. The van der Waals surface area contributed by atoms with Gasteiger partial charge in [-0.2, -0.15) is 5.10 Å². The Balaban J connectivity index is 1.96. The molecule has 2 aromatic carbocycles. The highest BCUT2D eigenvalue weighted by atomic mass is 32.2. The van der Waals surface area contributed by atoms with E-state index in [9.17, 15) is 8.42 Å². The minimum Gasteiger partial charge on any atom is -0.283 e. The third kappa shape index (κ3) is 2.65.